The molecule has 27 heavy (non-hydrogen) atoms. The summed E-state index contributed by atoms with van der Waals surface area (Å²) in [5.41, 5.74) is -0.865. The average Bonchev–Trinajstić information content (AvgIpc) is 3.17. The molecule has 1 unspecified atom stereocenters. The van der Waals surface area contributed by atoms with Gasteiger partial charge in [0, 0.05) is 25.0 Å². The Morgan fingerprint density at radius 2 is 2.11 bits per heavy atom. The Labute approximate surface area is 182 Å². The Hall–Kier alpha value is -1.24. The van der Waals surface area contributed by atoms with Gasteiger partial charge in [0.05, 0.1) is 12.1 Å². The fourth-order valence-corrected chi connectivity index (χ4v) is 3.15. The maximum absolute atomic E-state index is 10.5. The number of hydrogen-bond acceptors (Lipinski definition) is 6. The molecule has 0 aromatic carbocycles. The number of likely N-dealkylation sites (N-methyl/N-ethyl adjacent to an activating group) is 1. The third-order valence-electron chi connectivity index (χ3n) is 3.87. The second-order valence-electron chi connectivity index (χ2n) is 6.91. The Bertz CT molecular complexity index is 713. The van der Waals surface area contributed by atoms with Gasteiger partial charge in [-0.2, -0.15) is 0 Å². The number of halogens is 1. The number of guanidine groups is 1. The van der Waals surface area contributed by atoms with Crippen LogP contribution in [0.4, 0.5) is 0 Å². The predicted molar refractivity (Wildman–Crippen MR) is 121 cm³/mol. The number of nitrogens with zero attached hydrogens (tertiary/aromatic N) is 5. The van der Waals surface area contributed by atoms with E-state index in [9.17, 15) is 5.11 Å². The number of nitrogens with one attached hydrogen (secondary N) is 2. The molecule has 0 bridgehead atoms. The number of aliphatic imine (C=N–C) groups is 1. The number of thiophene rings is 1. The number of aryl methyl sites for hydroxylation is 1. The van der Waals surface area contributed by atoms with Gasteiger partial charge in [0.25, 0.3) is 0 Å². The van der Waals surface area contributed by atoms with Crippen molar-refractivity contribution in [3.8, 4) is 0 Å². The van der Waals surface area contributed by atoms with Crippen LogP contribution in [0.5, 0.6) is 0 Å². The quantitative estimate of drug-likeness (QED) is 0.284. The van der Waals surface area contributed by atoms with Crippen LogP contribution >= 0.6 is 35.3 Å². The van der Waals surface area contributed by atoms with Crippen molar-refractivity contribution in [1.82, 2.24) is 30.3 Å². The van der Waals surface area contributed by atoms with Gasteiger partial charge in [0.1, 0.15) is 12.4 Å². The molecule has 8 nitrogen and oxygen atoms in total. The highest BCUT2D eigenvalue weighted by Crippen LogP contribution is 2.08. The molecule has 1 atom stereocenters. The molecule has 2 rings (SSSR count). The molecule has 0 amide bonds. The SMILES string of the molecule is Cc1nnc(CN=C(NCc2cccs2)NCC(C)(O)CN(C)C)n1C.I. The zero-order chi connectivity index (χ0) is 19.2. The van der Waals surface area contributed by atoms with Crippen molar-refractivity contribution >= 4 is 41.3 Å². The van der Waals surface area contributed by atoms with Crippen molar-refractivity contribution in [2.45, 2.75) is 32.5 Å². The third-order valence-corrected chi connectivity index (χ3v) is 4.74. The lowest BCUT2D eigenvalue weighted by molar-refractivity contribution is 0.0377. The van der Waals surface area contributed by atoms with E-state index in [0.717, 1.165) is 11.6 Å². The van der Waals surface area contributed by atoms with Crippen molar-refractivity contribution in [2.24, 2.45) is 12.0 Å². The van der Waals surface area contributed by atoms with Crippen LogP contribution in [-0.4, -0.2) is 63.5 Å². The molecule has 0 radical (unpaired) electrons. The minimum absolute atomic E-state index is 0. The molecular formula is C17H30IN7OS. The van der Waals surface area contributed by atoms with Gasteiger partial charge in [-0.25, -0.2) is 4.99 Å². The minimum atomic E-state index is -0.865. The third kappa shape index (κ3) is 8.11. The van der Waals surface area contributed by atoms with Gasteiger partial charge in [-0.1, -0.05) is 6.07 Å². The summed E-state index contributed by atoms with van der Waals surface area (Å²) in [6, 6.07) is 4.10. The molecule has 0 aliphatic rings. The molecule has 2 heterocycles. The molecule has 0 spiro atoms. The first-order valence-corrected chi connectivity index (χ1v) is 9.41. The first-order chi connectivity index (χ1) is 12.3. The van der Waals surface area contributed by atoms with Crippen LogP contribution in [-0.2, 0) is 20.1 Å². The van der Waals surface area contributed by atoms with Crippen molar-refractivity contribution in [3.05, 3.63) is 34.0 Å². The fraction of sp³-hybridized carbons (Fsp3) is 0.588. The van der Waals surface area contributed by atoms with E-state index in [4.69, 9.17) is 0 Å². The molecule has 0 fully saturated rings. The molecule has 0 saturated carbocycles. The summed E-state index contributed by atoms with van der Waals surface area (Å²) in [4.78, 5) is 7.78. The minimum Gasteiger partial charge on any atom is -0.387 e. The number of rotatable bonds is 8. The van der Waals surface area contributed by atoms with Gasteiger partial charge in [-0.3, -0.25) is 0 Å². The second kappa shape index (κ2) is 10.9. The van der Waals surface area contributed by atoms with Crippen molar-refractivity contribution in [2.75, 3.05) is 27.2 Å². The largest absolute Gasteiger partial charge is 0.387 e. The van der Waals surface area contributed by atoms with Gasteiger partial charge >= 0.3 is 0 Å². The zero-order valence-corrected chi connectivity index (χ0v) is 19.7. The first kappa shape index (κ1) is 23.8. The van der Waals surface area contributed by atoms with Crippen LogP contribution in [0.15, 0.2) is 22.5 Å². The van der Waals surface area contributed by atoms with E-state index in [2.05, 4.69) is 31.9 Å². The molecule has 0 aliphatic heterocycles. The van der Waals surface area contributed by atoms with Crippen LogP contribution in [0.2, 0.25) is 0 Å². The summed E-state index contributed by atoms with van der Waals surface area (Å²) in [5.74, 6) is 2.28. The van der Waals surface area contributed by atoms with Gasteiger partial charge in [-0.15, -0.1) is 45.5 Å². The Kier molecular flexibility index (Phi) is 9.63. The summed E-state index contributed by atoms with van der Waals surface area (Å²) < 4.78 is 1.92. The molecule has 0 saturated heterocycles. The van der Waals surface area contributed by atoms with Crippen LogP contribution in [0.25, 0.3) is 0 Å². The van der Waals surface area contributed by atoms with Crippen LogP contribution in [0, 0.1) is 6.92 Å². The maximum atomic E-state index is 10.5. The van der Waals surface area contributed by atoms with Gasteiger partial charge in [0.15, 0.2) is 11.8 Å². The van der Waals surface area contributed by atoms with Crippen LogP contribution in [0.3, 0.4) is 0 Å². The molecule has 10 heteroatoms. The Morgan fingerprint density at radius 1 is 1.37 bits per heavy atom. The van der Waals surface area contributed by atoms with Crippen molar-refractivity contribution in [3.63, 3.8) is 0 Å². The van der Waals surface area contributed by atoms with E-state index >= 15 is 0 Å². The van der Waals surface area contributed by atoms with Crippen LogP contribution in [0.1, 0.15) is 23.4 Å². The van der Waals surface area contributed by atoms with E-state index in [1.165, 1.54) is 4.88 Å². The summed E-state index contributed by atoms with van der Waals surface area (Å²) in [6.45, 7) is 5.75. The number of aromatic nitrogens is 3. The molecule has 3 N–H and O–H groups in total. The summed E-state index contributed by atoms with van der Waals surface area (Å²) >= 11 is 1.69. The topological polar surface area (TPSA) is 90.6 Å². The average molecular weight is 507 g/mol. The highest BCUT2D eigenvalue weighted by molar-refractivity contribution is 14.0. The smallest absolute Gasteiger partial charge is 0.192 e. The van der Waals surface area contributed by atoms with Crippen molar-refractivity contribution < 1.29 is 5.11 Å². The lowest BCUT2D eigenvalue weighted by Gasteiger charge is -2.28. The van der Waals surface area contributed by atoms with E-state index in [1.807, 2.05) is 55.9 Å². The Morgan fingerprint density at radius 3 is 2.67 bits per heavy atom. The van der Waals surface area contributed by atoms with Gasteiger partial charge in [-0.05, 0) is 39.4 Å². The summed E-state index contributed by atoms with van der Waals surface area (Å²) in [7, 11) is 5.80. The Balaban J connectivity index is 0.00000364. The summed E-state index contributed by atoms with van der Waals surface area (Å²) in [5, 5.41) is 27.3. The normalized spacial score (nSPS) is 14.0. The fourth-order valence-electron chi connectivity index (χ4n) is 2.51. The van der Waals surface area contributed by atoms with Crippen molar-refractivity contribution in [1.29, 1.82) is 0 Å². The molecular weight excluding hydrogens is 477 g/mol. The van der Waals surface area contributed by atoms with Crippen LogP contribution < -0.4 is 10.6 Å². The standard InChI is InChI=1S/C17H29N7OS.HI/c1-13-21-22-15(24(13)5)10-19-16(18-9-14-7-6-8-26-14)20-11-17(2,25)12-23(3)4;/h6-8,25H,9-12H2,1-5H3,(H2,18,19,20);1H. The van der Waals surface area contributed by atoms with Gasteiger partial charge < -0.3 is 25.2 Å². The highest BCUT2D eigenvalue weighted by atomic mass is 127. The molecule has 152 valence electrons. The number of aliphatic hydroxyl groups is 1. The monoisotopic (exact) mass is 507 g/mol. The summed E-state index contributed by atoms with van der Waals surface area (Å²) in [6.07, 6.45) is 0. The molecule has 2 aromatic heterocycles. The molecule has 0 aliphatic carbocycles. The zero-order valence-electron chi connectivity index (χ0n) is 16.6. The highest BCUT2D eigenvalue weighted by Gasteiger charge is 2.21. The van der Waals surface area contributed by atoms with E-state index < -0.39 is 5.60 Å². The van der Waals surface area contributed by atoms with E-state index in [-0.39, 0.29) is 24.0 Å². The maximum Gasteiger partial charge on any atom is 0.192 e. The van der Waals surface area contributed by atoms with E-state index in [0.29, 0.717) is 32.1 Å². The molecule has 2 aromatic rings. The lowest BCUT2D eigenvalue weighted by atomic mass is 10.1. The second-order valence-corrected chi connectivity index (χ2v) is 7.94. The number of hydrogen-bond donors (Lipinski definition) is 3. The lowest BCUT2D eigenvalue weighted by Crippen LogP contribution is -2.49. The first-order valence-electron chi connectivity index (χ1n) is 8.53. The predicted octanol–water partition coefficient (Wildman–Crippen LogP) is 1.35. The van der Waals surface area contributed by atoms with Gasteiger partial charge in [0.2, 0.25) is 0 Å². The van der Waals surface area contributed by atoms with E-state index in [1.54, 1.807) is 11.3 Å².